The smallest absolute Gasteiger partial charge is 0.362 e. The first kappa shape index (κ1) is 38.1. The van der Waals surface area contributed by atoms with Crippen molar-refractivity contribution in [1.82, 2.24) is 0 Å². The summed E-state index contributed by atoms with van der Waals surface area (Å²) in [5.41, 5.74) is 0. The van der Waals surface area contributed by atoms with Gasteiger partial charge in [0.05, 0.1) is 12.5 Å². The molecule has 0 amide bonds. The van der Waals surface area contributed by atoms with Gasteiger partial charge in [-0.3, -0.25) is 4.48 Å². The van der Waals surface area contributed by atoms with Gasteiger partial charge in [0.1, 0.15) is 6.04 Å². The average Bonchev–Trinajstić information content (AvgIpc) is 2.92. The zero-order valence-electron chi connectivity index (χ0n) is 26.2. The molecule has 0 aromatic heterocycles. The van der Waals surface area contributed by atoms with Crippen molar-refractivity contribution < 1.29 is 34.2 Å². The minimum absolute atomic E-state index is 0.181. The number of carboxylic acids is 3. The highest BCUT2D eigenvalue weighted by Gasteiger charge is 2.50. The maximum Gasteiger partial charge on any atom is 0.362 e. The monoisotopic (exact) mass is 567 g/mol. The summed E-state index contributed by atoms with van der Waals surface area (Å²) in [4.78, 5) is 35.3. The van der Waals surface area contributed by atoms with Gasteiger partial charge < -0.3 is 20.1 Å². The number of hydrogen-bond donors (Lipinski definition) is 2. The van der Waals surface area contributed by atoms with Crippen molar-refractivity contribution in [1.29, 1.82) is 0 Å². The molecule has 7 heteroatoms. The van der Waals surface area contributed by atoms with E-state index in [2.05, 4.69) is 19.1 Å². The van der Waals surface area contributed by atoms with Gasteiger partial charge in [0.25, 0.3) is 0 Å². The molecule has 7 nitrogen and oxygen atoms in total. The molecule has 234 valence electrons. The van der Waals surface area contributed by atoms with Gasteiger partial charge in [-0.2, -0.15) is 0 Å². The van der Waals surface area contributed by atoms with E-state index in [0.717, 1.165) is 32.1 Å². The Morgan fingerprint density at radius 1 is 0.575 bits per heavy atom. The fourth-order valence-corrected chi connectivity index (χ4v) is 5.89. The summed E-state index contributed by atoms with van der Waals surface area (Å²) in [6.45, 7) is 6.60. The molecule has 0 aliphatic heterocycles. The fourth-order valence-electron chi connectivity index (χ4n) is 5.89. The van der Waals surface area contributed by atoms with Gasteiger partial charge in [-0.15, -0.1) is 0 Å². The van der Waals surface area contributed by atoms with Crippen LogP contribution in [0.15, 0.2) is 12.2 Å². The number of quaternary nitrogens is 1. The number of aliphatic carboxylic acids is 3. The van der Waals surface area contributed by atoms with Crippen molar-refractivity contribution in [3.63, 3.8) is 0 Å². The molecule has 2 N–H and O–H groups in total. The van der Waals surface area contributed by atoms with Crippen molar-refractivity contribution in [2.24, 2.45) is 0 Å². The number of carbonyl (C=O) groups is 3. The summed E-state index contributed by atoms with van der Waals surface area (Å²) >= 11 is 0. The Kier molecular flexibility index (Phi) is 22.7. The molecule has 0 rings (SSSR count). The van der Waals surface area contributed by atoms with Crippen LogP contribution in [0.3, 0.4) is 0 Å². The highest BCUT2D eigenvalue weighted by atomic mass is 16.4. The third-order valence-corrected chi connectivity index (χ3v) is 8.78. The Labute approximate surface area is 245 Å². The summed E-state index contributed by atoms with van der Waals surface area (Å²) in [6, 6.07) is -3.57. The molecule has 0 aliphatic rings. The first-order chi connectivity index (χ1) is 19.1. The lowest BCUT2D eigenvalue weighted by Crippen LogP contribution is -2.72. The number of carbonyl (C=O) groups excluding carboxylic acids is 1. The molecular formula is C33H61NO6. The molecule has 0 spiro atoms. The van der Waals surface area contributed by atoms with Crippen LogP contribution < -0.4 is 5.11 Å². The Morgan fingerprint density at radius 3 is 1.23 bits per heavy atom. The van der Waals surface area contributed by atoms with Crippen LogP contribution in [0.25, 0.3) is 0 Å². The molecular weight excluding hydrogens is 506 g/mol. The lowest BCUT2D eigenvalue weighted by Gasteiger charge is -2.49. The molecule has 40 heavy (non-hydrogen) atoms. The van der Waals surface area contributed by atoms with Crippen LogP contribution in [0.4, 0.5) is 0 Å². The van der Waals surface area contributed by atoms with Crippen LogP contribution in [-0.2, 0) is 14.4 Å². The van der Waals surface area contributed by atoms with Crippen molar-refractivity contribution in [3.05, 3.63) is 12.2 Å². The van der Waals surface area contributed by atoms with Gasteiger partial charge in [0.2, 0.25) is 0 Å². The predicted molar refractivity (Wildman–Crippen MR) is 161 cm³/mol. The third kappa shape index (κ3) is 15.8. The summed E-state index contributed by atoms with van der Waals surface area (Å²) in [5, 5.41) is 31.0. The van der Waals surface area contributed by atoms with E-state index in [0.29, 0.717) is 6.42 Å². The Bertz CT molecular complexity index is 657. The maximum absolute atomic E-state index is 11.8. The van der Waals surface area contributed by atoms with Gasteiger partial charge >= 0.3 is 11.9 Å². The van der Waals surface area contributed by atoms with Crippen LogP contribution in [0.5, 0.6) is 0 Å². The molecule has 0 bridgehead atoms. The van der Waals surface area contributed by atoms with Crippen molar-refractivity contribution in [3.8, 4) is 0 Å². The van der Waals surface area contributed by atoms with Crippen LogP contribution in [0.2, 0.25) is 0 Å². The summed E-state index contributed by atoms with van der Waals surface area (Å²) < 4.78 is -0.543. The number of rotatable bonds is 28. The highest BCUT2D eigenvalue weighted by Crippen LogP contribution is 2.27. The topological polar surface area (TPSA) is 115 Å². The van der Waals surface area contributed by atoms with E-state index >= 15 is 0 Å². The summed E-state index contributed by atoms with van der Waals surface area (Å²) in [6.07, 6.45) is 29.1. The molecule has 0 aliphatic carbocycles. The Hall–Kier alpha value is -1.89. The third-order valence-electron chi connectivity index (χ3n) is 8.78. The Morgan fingerprint density at radius 2 is 0.900 bits per heavy atom. The molecule has 0 fully saturated rings. The van der Waals surface area contributed by atoms with E-state index in [1.807, 2.05) is 0 Å². The zero-order valence-corrected chi connectivity index (χ0v) is 26.2. The van der Waals surface area contributed by atoms with E-state index in [4.69, 9.17) is 0 Å². The van der Waals surface area contributed by atoms with Crippen LogP contribution >= 0.6 is 0 Å². The van der Waals surface area contributed by atoms with E-state index < -0.39 is 40.5 Å². The van der Waals surface area contributed by atoms with Crippen molar-refractivity contribution in [2.75, 3.05) is 6.54 Å². The minimum atomic E-state index is -1.42. The quantitative estimate of drug-likeness (QED) is 0.0584. The molecule has 0 radical (unpaired) electrons. The van der Waals surface area contributed by atoms with Crippen LogP contribution in [0, 0.1) is 0 Å². The fraction of sp³-hybridized carbons (Fsp3) is 0.848. The minimum Gasteiger partial charge on any atom is -0.544 e. The largest absolute Gasteiger partial charge is 0.544 e. The Balaban J connectivity index is 4.01. The molecule has 0 heterocycles. The van der Waals surface area contributed by atoms with E-state index in [1.165, 1.54) is 111 Å². The SMILES string of the molecule is CCCCCCCCCCCCC/C=C\CCCCCCCCC[N+](C(C)C(=O)[O-])(C(C)C(=O)O)C(C)C(=O)O. The average molecular weight is 568 g/mol. The van der Waals surface area contributed by atoms with Crippen LogP contribution in [0.1, 0.15) is 156 Å². The van der Waals surface area contributed by atoms with Crippen molar-refractivity contribution in [2.45, 2.75) is 174 Å². The first-order valence-corrected chi connectivity index (χ1v) is 16.3. The lowest BCUT2D eigenvalue weighted by atomic mass is 10.00. The number of allylic oxidation sites excluding steroid dienone is 2. The van der Waals surface area contributed by atoms with Gasteiger partial charge in [-0.1, -0.05) is 109 Å². The second-order valence-electron chi connectivity index (χ2n) is 11.8. The summed E-state index contributed by atoms with van der Waals surface area (Å²) in [7, 11) is 0. The van der Waals surface area contributed by atoms with E-state index in [9.17, 15) is 29.7 Å². The predicted octanol–water partition coefficient (Wildman–Crippen LogP) is 7.27. The normalized spacial score (nSPS) is 15.5. The molecule has 0 aromatic rings. The standard InChI is InChI=1S/C33H61NO6/c1-5-6-7-8-9-10-11-12-13-14-15-16-17-18-19-20-21-22-23-24-25-26-27-34(28(2)31(35)36,29(3)32(37)38)30(4)33(39)40/h17-18,28-30H,5-16,19-27H2,1-4H3,(H2-,35,36,37,38,39,40)/b18-17-. The second-order valence-corrected chi connectivity index (χ2v) is 11.8. The molecule has 3 atom stereocenters. The van der Waals surface area contributed by atoms with Gasteiger partial charge in [0.15, 0.2) is 12.1 Å². The van der Waals surface area contributed by atoms with Crippen molar-refractivity contribution >= 4 is 17.9 Å². The molecule has 0 saturated heterocycles. The van der Waals surface area contributed by atoms with Gasteiger partial charge in [-0.05, 0) is 59.3 Å². The molecule has 0 aromatic carbocycles. The van der Waals surface area contributed by atoms with Gasteiger partial charge in [-0.25, -0.2) is 9.59 Å². The molecule has 0 saturated carbocycles. The zero-order chi connectivity index (χ0) is 30.2. The maximum atomic E-state index is 11.8. The molecule has 3 unspecified atom stereocenters. The van der Waals surface area contributed by atoms with E-state index in [-0.39, 0.29) is 6.54 Å². The second kappa shape index (κ2) is 23.8. The van der Waals surface area contributed by atoms with Crippen LogP contribution in [-0.4, -0.2) is 57.3 Å². The number of hydrogen-bond acceptors (Lipinski definition) is 4. The first-order valence-electron chi connectivity index (χ1n) is 16.3. The number of nitrogens with zero attached hydrogens (tertiary/aromatic N) is 1. The highest BCUT2D eigenvalue weighted by molar-refractivity contribution is 5.76. The van der Waals surface area contributed by atoms with E-state index in [1.54, 1.807) is 0 Å². The lowest BCUT2D eigenvalue weighted by molar-refractivity contribution is -0.969. The summed E-state index contributed by atoms with van der Waals surface area (Å²) in [5.74, 6) is -3.82. The number of unbranched alkanes of at least 4 members (excludes halogenated alkanes) is 18. The number of carboxylic acid groups (broad SMARTS) is 3. The van der Waals surface area contributed by atoms with Gasteiger partial charge in [0, 0.05) is 0 Å².